The van der Waals surface area contributed by atoms with E-state index in [0.717, 1.165) is 5.56 Å². The van der Waals surface area contributed by atoms with E-state index in [4.69, 9.17) is 9.47 Å². The molecule has 0 fully saturated rings. The summed E-state index contributed by atoms with van der Waals surface area (Å²) in [5.41, 5.74) is 0.877. The van der Waals surface area contributed by atoms with Gasteiger partial charge in [-0.1, -0.05) is 12.1 Å². The number of nitrogens with zero attached hydrogens (tertiary/aromatic N) is 2. The van der Waals surface area contributed by atoms with Gasteiger partial charge in [0.25, 0.3) is 11.7 Å². The van der Waals surface area contributed by atoms with Crippen LogP contribution in [-0.4, -0.2) is 42.8 Å². The predicted octanol–water partition coefficient (Wildman–Crippen LogP) is 3.69. The normalized spacial score (nSPS) is 10.6. The number of carbonyl (C=O) groups is 1. The Labute approximate surface area is 149 Å². The Bertz CT molecular complexity index is 744. The molecule has 0 aliphatic carbocycles. The summed E-state index contributed by atoms with van der Waals surface area (Å²) in [5, 5.41) is 0.00644. The molecule has 25 heavy (non-hydrogen) atoms. The SMILES string of the molecule is COc1cccc(CN(C)C(=O)c2cccnc2SC(F)F)c1OC. The number of halogens is 2. The van der Waals surface area contributed by atoms with Crippen molar-refractivity contribution < 1.29 is 23.0 Å². The van der Waals surface area contributed by atoms with Crippen LogP contribution in [0.25, 0.3) is 0 Å². The number of para-hydroxylation sites is 1. The molecule has 0 unspecified atom stereocenters. The van der Waals surface area contributed by atoms with Gasteiger partial charge in [-0.25, -0.2) is 4.98 Å². The number of aromatic nitrogens is 1. The van der Waals surface area contributed by atoms with E-state index in [-0.39, 0.29) is 28.9 Å². The maximum Gasteiger partial charge on any atom is 0.290 e. The molecule has 0 spiro atoms. The predicted molar refractivity (Wildman–Crippen MR) is 91.4 cm³/mol. The van der Waals surface area contributed by atoms with E-state index in [1.54, 1.807) is 25.2 Å². The summed E-state index contributed by atoms with van der Waals surface area (Å²) in [5.74, 6) is -1.97. The molecule has 0 bridgehead atoms. The van der Waals surface area contributed by atoms with Crippen molar-refractivity contribution in [1.82, 2.24) is 9.88 Å². The minimum Gasteiger partial charge on any atom is -0.493 e. The Morgan fingerprint density at radius 1 is 1.24 bits per heavy atom. The van der Waals surface area contributed by atoms with Crippen molar-refractivity contribution in [3.8, 4) is 11.5 Å². The van der Waals surface area contributed by atoms with Crippen molar-refractivity contribution in [2.24, 2.45) is 0 Å². The Kier molecular flexibility index (Phi) is 6.58. The first-order valence-corrected chi connectivity index (χ1v) is 8.21. The van der Waals surface area contributed by atoms with Crippen LogP contribution < -0.4 is 9.47 Å². The number of hydrogen-bond acceptors (Lipinski definition) is 5. The van der Waals surface area contributed by atoms with Crippen molar-refractivity contribution in [1.29, 1.82) is 0 Å². The van der Waals surface area contributed by atoms with E-state index in [2.05, 4.69) is 4.98 Å². The smallest absolute Gasteiger partial charge is 0.290 e. The molecule has 1 heterocycles. The van der Waals surface area contributed by atoms with Gasteiger partial charge in [-0.3, -0.25) is 4.79 Å². The van der Waals surface area contributed by atoms with Crippen LogP contribution in [0.3, 0.4) is 0 Å². The second-order valence-electron chi connectivity index (χ2n) is 5.05. The van der Waals surface area contributed by atoms with Crippen LogP contribution in [0.1, 0.15) is 15.9 Å². The molecular weight excluding hydrogens is 350 g/mol. The molecule has 5 nitrogen and oxygen atoms in total. The number of hydrogen-bond donors (Lipinski definition) is 0. The van der Waals surface area contributed by atoms with E-state index in [1.807, 2.05) is 6.07 Å². The summed E-state index contributed by atoms with van der Waals surface area (Å²) in [4.78, 5) is 18.0. The quantitative estimate of drug-likeness (QED) is 0.698. The van der Waals surface area contributed by atoms with Gasteiger partial charge in [-0.15, -0.1) is 0 Å². The van der Waals surface area contributed by atoms with Crippen molar-refractivity contribution in [3.63, 3.8) is 0 Å². The lowest BCUT2D eigenvalue weighted by molar-refractivity contribution is 0.0779. The van der Waals surface area contributed by atoms with Crippen LogP contribution in [0.5, 0.6) is 11.5 Å². The monoisotopic (exact) mass is 368 g/mol. The van der Waals surface area contributed by atoms with E-state index in [0.29, 0.717) is 11.5 Å². The maximum atomic E-state index is 12.7. The Morgan fingerprint density at radius 3 is 2.64 bits per heavy atom. The highest BCUT2D eigenvalue weighted by molar-refractivity contribution is 7.99. The van der Waals surface area contributed by atoms with Gasteiger partial charge in [0.1, 0.15) is 5.03 Å². The summed E-state index contributed by atoms with van der Waals surface area (Å²) in [7, 11) is 4.63. The Hall–Kier alpha value is -2.35. The highest BCUT2D eigenvalue weighted by Crippen LogP contribution is 2.32. The first kappa shape index (κ1) is 19.0. The fourth-order valence-electron chi connectivity index (χ4n) is 2.34. The van der Waals surface area contributed by atoms with Gasteiger partial charge < -0.3 is 14.4 Å². The molecule has 0 saturated heterocycles. The maximum absolute atomic E-state index is 12.7. The summed E-state index contributed by atoms with van der Waals surface area (Å²) in [6, 6.07) is 8.38. The van der Waals surface area contributed by atoms with E-state index in [1.165, 1.54) is 31.4 Å². The van der Waals surface area contributed by atoms with Gasteiger partial charge in [0, 0.05) is 25.4 Å². The molecule has 0 atom stereocenters. The number of amides is 1. The van der Waals surface area contributed by atoms with Gasteiger partial charge in [0.15, 0.2) is 11.5 Å². The first-order valence-electron chi connectivity index (χ1n) is 7.33. The third-order valence-electron chi connectivity index (χ3n) is 3.44. The van der Waals surface area contributed by atoms with Crippen molar-refractivity contribution in [3.05, 3.63) is 47.7 Å². The van der Waals surface area contributed by atoms with E-state index < -0.39 is 11.7 Å². The van der Waals surface area contributed by atoms with Gasteiger partial charge in [-0.2, -0.15) is 8.78 Å². The summed E-state index contributed by atoms with van der Waals surface area (Å²) >= 11 is 0.254. The third-order valence-corrected chi connectivity index (χ3v) is 4.17. The lowest BCUT2D eigenvalue weighted by Gasteiger charge is -2.20. The van der Waals surface area contributed by atoms with Gasteiger partial charge >= 0.3 is 0 Å². The minimum atomic E-state index is -2.65. The average Bonchev–Trinajstić information content (AvgIpc) is 2.60. The molecule has 1 aromatic carbocycles. The summed E-state index contributed by atoms with van der Waals surface area (Å²) < 4.78 is 35.9. The largest absolute Gasteiger partial charge is 0.493 e. The Morgan fingerprint density at radius 2 is 2.00 bits per heavy atom. The molecule has 0 saturated carbocycles. The molecule has 2 rings (SSSR count). The van der Waals surface area contributed by atoms with Crippen LogP contribution in [0.2, 0.25) is 0 Å². The van der Waals surface area contributed by atoms with Crippen LogP contribution in [0, 0.1) is 0 Å². The zero-order chi connectivity index (χ0) is 18.4. The summed E-state index contributed by atoms with van der Waals surface area (Å²) in [6.07, 6.45) is 1.38. The molecule has 134 valence electrons. The van der Waals surface area contributed by atoms with Gasteiger partial charge in [0.05, 0.1) is 19.8 Å². The molecule has 0 aliphatic rings. The summed E-state index contributed by atoms with van der Waals surface area (Å²) in [6.45, 7) is 0.229. The van der Waals surface area contributed by atoms with Crippen LogP contribution in [0.4, 0.5) is 8.78 Å². The minimum absolute atomic E-state index is 0.00644. The molecule has 1 amide bonds. The first-order chi connectivity index (χ1) is 12.0. The lowest BCUT2D eigenvalue weighted by Crippen LogP contribution is -2.27. The number of benzene rings is 1. The lowest BCUT2D eigenvalue weighted by atomic mass is 10.1. The molecular formula is C17H18F2N2O3S. The van der Waals surface area contributed by atoms with Crippen molar-refractivity contribution in [2.75, 3.05) is 21.3 Å². The average molecular weight is 368 g/mol. The zero-order valence-electron chi connectivity index (χ0n) is 14.0. The van der Waals surface area contributed by atoms with Crippen LogP contribution >= 0.6 is 11.8 Å². The number of ether oxygens (including phenoxy) is 2. The Balaban J connectivity index is 2.25. The molecule has 0 N–H and O–H groups in total. The second-order valence-corrected chi connectivity index (χ2v) is 6.03. The van der Waals surface area contributed by atoms with E-state index in [9.17, 15) is 13.6 Å². The van der Waals surface area contributed by atoms with Crippen molar-refractivity contribution >= 4 is 17.7 Å². The number of pyridine rings is 1. The number of carbonyl (C=O) groups excluding carboxylic acids is 1. The molecule has 0 radical (unpaired) electrons. The molecule has 2 aromatic rings. The van der Waals surface area contributed by atoms with Gasteiger partial charge in [-0.05, 0) is 30.0 Å². The number of methoxy groups -OCH3 is 2. The number of alkyl halides is 2. The fourth-order valence-corrected chi connectivity index (χ4v) is 2.92. The highest BCUT2D eigenvalue weighted by Gasteiger charge is 2.21. The van der Waals surface area contributed by atoms with E-state index >= 15 is 0 Å². The zero-order valence-corrected chi connectivity index (χ0v) is 14.8. The molecule has 0 aliphatic heterocycles. The van der Waals surface area contributed by atoms with Crippen LogP contribution in [0.15, 0.2) is 41.6 Å². The highest BCUT2D eigenvalue weighted by atomic mass is 32.2. The van der Waals surface area contributed by atoms with Crippen LogP contribution in [-0.2, 0) is 6.54 Å². The third kappa shape index (κ3) is 4.60. The topological polar surface area (TPSA) is 51.7 Å². The standard InChI is InChI=1S/C17H18F2N2O3S/c1-21(10-11-6-4-8-13(23-2)14(11)24-3)16(22)12-7-5-9-20-15(12)25-17(18)19/h4-9,17H,10H2,1-3H3. The fraction of sp³-hybridized carbons (Fsp3) is 0.294. The number of thioether (sulfide) groups is 1. The second kappa shape index (κ2) is 8.66. The number of rotatable bonds is 7. The molecule has 1 aromatic heterocycles. The molecule has 8 heteroatoms. The van der Waals surface area contributed by atoms with Crippen molar-refractivity contribution in [2.45, 2.75) is 17.3 Å². The van der Waals surface area contributed by atoms with Gasteiger partial charge in [0.2, 0.25) is 0 Å².